The van der Waals surface area contributed by atoms with Gasteiger partial charge in [-0.25, -0.2) is 0 Å². The molecular formula is C13H24N2O. The lowest BCUT2D eigenvalue weighted by molar-refractivity contribution is 0.123. The molecule has 1 rings (SSSR count). The first-order valence-corrected chi connectivity index (χ1v) is 6.19. The minimum absolute atomic E-state index is 0.394. The highest BCUT2D eigenvalue weighted by Gasteiger charge is 2.06. The number of nitrogens with one attached hydrogen (secondary N) is 1. The molecule has 0 bridgehead atoms. The average Bonchev–Trinajstić information content (AvgIpc) is 2.76. The van der Waals surface area contributed by atoms with Gasteiger partial charge in [-0.05, 0) is 32.5 Å². The first-order chi connectivity index (χ1) is 7.79. The number of hydrogen-bond acceptors (Lipinski definition) is 2. The summed E-state index contributed by atoms with van der Waals surface area (Å²) in [4.78, 5) is 0. The Morgan fingerprint density at radius 3 is 2.94 bits per heavy atom. The summed E-state index contributed by atoms with van der Waals surface area (Å²) in [7, 11) is 1.99. The summed E-state index contributed by atoms with van der Waals surface area (Å²) in [5, 5.41) is 3.26. The highest BCUT2D eigenvalue weighted by molar-refractivity contribution is 5.11. The summed E-state index contributed by atoms with van der Waals surface area (Å²) in [5.41, 5.74) is 1.32. The fourth-order valence-electron chi connectivity index (χ4n) is 1.68. The minimum Gasteiger partial charge on any atom is -0.380 e. The molecule has 0 radical (unpaired) electrons. The molecule has 0 saturated carbocycles. The molecule has 0 saturated heterocycles. The van der Waals surface area contributed by atoms with Crippen molar-refractivity contribution in [1.29, 1.82) is 0 Å². The van der Waals surface area contributed by atoms with Crippen LogP contribution in [0.5, 0.6) is 0 Å². The van der Waals surface area contributed by atoms with Crippen molar-refractivity contribution in [2.24, 2.45) is 0 Å². The molecule has 0 amide bonds. The number of hydrogen-bond donors (Lipinski definition) is 1. The van der Waals surface area contributed by atoms with E-state index in [2.05, 4.69) is 42.1 Å². The van der Waals surface area contributed by atoms with Gasteiger partial charge in [-0.2, -0.15) is 0 Å². The van der Waals surface area contributed by atoms with Crippen LogP contribution in [0.1, 0.15) is 38.4 Å². The van der Waals surface area contributed by atoms with Crippen LogP contribution in [0.15, 0.2) is 18.3 Å². The highest BCUT2D eigenvalue weighted by Crippen LogP contribution is 2.12. The van der Waals surface area contributed by atoms with Crippen molar-refractivity contribution in [2.75, 3.05) is 20.3 Å². The molecule has 0 aliphatic rings. The molecule has 0 aromatic carbocycles. The summed E-state index contributed by atoms with van der Waals surface area (Å²) in [6, 6.07) is 4.65. The maximum absolute atomic E-state index is 5.57. The molecule has 3 heteroatoms. The van der Waals surface area contributed by atoms with E-state index in [1.54, 1.807) is 0 Å². The third kappa shape index (κ3) is 3.99. The van der Waals surface area contributed by atoms with Crippen molar-refractivity contribution in [3.8, 4) is 0 Å². The Labute approximate surface area is 98.8 Å². The normalized spacial score (nSPS) is 12.9. The molecule has 0 fully saturated rings. The molecule has 0 aliphatic heterocycles. The molecule has 1 aromatic rings. The summed E-state index contributed by atoms with van der Waals surface area (Å²) < 4.78 is 7.83. The Morgan fingerprint density at radius 2 is 2.25 bits per heavy atom. The summed E-state index contributed by atoms with van der Waals surface area (Å²) in [6.45, 7) is 6.98. The van der Waals surface area contributed by atoms with Gasteiger partial charge in [-0.1, -0.05) is 13.3 Å². The van der Waals surface area contributed by atoms with E-state index in [0.29, 0.717) is 6.04 Å². The smallest absolute Gasteiger partial charge is 0.0645 e. The Balaban J connectivity index is 2.33. The fraction of sp³-hybridized carbons (Fsp3) is 0.692. The highest BCUT2D eigenvalue weighted by atomic mass is 16.5. The number of ether oxygens (including phenoxy) is 1. The predicted molar refractivity (Wildman–Crippen MR) is 67.6 cm³/mol. The maximum atomic E-state index is 5.57. The van der Waals surface area contributed by atoms with Crippen LogP contribution in [0, 0.1) is 0 Å². The molecule has 1 N–H and O–H groups in total. The van der Waals surface area contributed by atoms with Gasteiger partial charge < -0.3 is 14.6 Å². The lowest BCUT2D eigenvalue weighted by Gasteiger charge is -2.14. The Bertz CT molecular complexity index is 283. The second-order valence-electron chi connectivity index (χ2n) is 4.10. The molecule has 1 unspecified atom stereocenters. The van der Waals surface area contributed by atoms with E-state index in [1.165, 1.54) is 12.1 Å². The van der Waals surface area contributed by atoms with Crippen LogP contribution in [0.4, 0.5) is 0 Å². The van der Waals surface area contributed by atoms with Crippen LogP contribution >= 0.6 is 0 Å². The van der Waals surface area contributed by atoms with E-state index in [4.69, 9.17) is 4.74 Å². The van der Waals surface area contributed by atoms with E-state index in [9.17, 15) is 0 Å². The van der Waals surface area contributed by atoms with Crippen molar-refractivity contribution in [3.05, 3.63) is 24.0 Å². The van der Waals surface area contributed by atoms with Gasteiger partial charge >= 0.3 is 0 Å². The van der Waals surface area contributed by atoms with Gasteiger partial charge in [-0.3, -0.25) is 0 Å². The Hall–Kier alpha value is -0.800. The van der Waals surface area contributed by atoms with E-state index >= 15 is 0 Å². The van der Waals surface area contributed by atoms with Crippen molar-refractivity contribution >= 4 is 0 Å². The summed E-state index contributed by atoms with van der Waals surface area (Å²) in [6.07, 6.45) is 4.48. The van der Waals surface area contributed by atoms with Crippen LogP contribution in [0.3, 0.4) is 0 Å². The number of rotatable bonds is 8. The second-order valence-corrected chi connectivity index (χ2v) is 4.10. The standard InChI is InChI=1S/C13H24N2O/c1-4-5-10-16-11-9-15-8-6-7-13(15)12(2)14-3/h6-8,12,14H,4-5,9-11H2,1-3H3. The number of aromatic nitrogens is 1. The molecule has 16 heavy (non-hydrogen) atoms. The third-order valence-corrected chi connectivity index (χ3v) is 2.86. The Kier molecular flexibility index (Phi) is 6.19. The number of nitrogens with zero attached hydrogens (tertiary/aromatic N) is 1. The van der Waals surface area contributed by atoms with Gasteiger partial charge in [-0.15, -0.1) is 0 Å². The van der Waals surface area contributed by atoms with Crippen molar-refractivity contribution < 1.29 is 4.74 Å². The monoisotopic (exact) mass is 224 g/mol. The predicted octanol–water partition coefficient (Wildman–Crippen LogP) is 2.59. The molecule has 92 valence electrons. The molecular weight excluding hydrogens is 200 g/mol. The molecule has 3 nitrogen and oxygen atoms in total. The zero-order chi connectivity index (χ0) is 11.8. The van der Waals surface area contributed by atoms with E-state index in [1.807, 2.05) is 7.05 Å². The first-order valence-electron chi connectivity index (χ1n) is 6.19. The van der Waals surface area contributed by atoms with Gasteiger partial charge in [0.25, 0.3) is 0 Å². The average molecular weight is 224 g/mol. The quantitative estimate of drug-likeness (QED) is 0.687. The van der Waals surface area contributed by atoms with Gasteiger partial charge in [0, 0.05) is 31.1 Å². The molecule has 0 aliphatic carbocycles. The maximum Gasteiger partial charge on any atom is 0.0645 e. The van der Waals surface area contributed by atoms with Crippen LogP contribution < -0.4 is 5.32 Å². The summed E-state index contributed by atoms with van der Waals surface area (Å²) in [5.74, 6) is 0. The molecule has 1 heterocycles. The second kappa shape index (κ2) is 7.47. The van der Waals surface area contributed by atoms with Gasteiger partial charge in [0.1, 0.15) is 0 Å². The lowest BCUT2D eigenvalue weighted by atomic mass is 10.2. The van der Waals surface area contributed by atoms with Crippen LogP contribution in [-0.4, -0.2) is 24.8 Å². The van der Waals surface area contributed by atoms with Gasteiger partial charge in [0.15, 0.2) is 0 Å². The van der Waals surface area contributed by atoms with Crippen molar-refractivity contribution in [2.45, 2.75) is 39.3 Å². The number of unbranched alkanes of at least 4 members (excludes halogenated alkanes) is 1. The SMILES string of the molecule is CCCCOCCn1cccc1C(C)NC. The molecule has 1 atom stereocenters. The van der Waals surface area contributed by atoms with E-state index < -0.39 is 0 Å². The topological polar surface area (TPSA) is 26.2 Å². The van der Waals surface area contributed by atoms with Crippen molar-refractivity contribution in [3.63, 3.8) is 0 Å². The van der Waals surface area contributed by atoms with Crippen LogP contribution in [0.2, 0.25) is 0 Å². The first kappa shape index (κ1) is 13.3. The third-order valence-electron chi connectivity index (χ3n) is 2.86. The minimum atomic E-state index is 0.394. The van der Waals surface area contributed by atoms with Gasteiger partial charge in [0.2, 0.25) is 0 Å². The zero-order valence-corrected chi connectivity index (χ0v) is 10.7. The molecule has 0 spiro atoms. The largest absolute Gasteiger partial charge is 0.380 e. The lowest BCUT2D eigenvalue weighted by Crippen LogP contribution is -2.18. The zero-order valence-electron chi connectivity index (χ0n) is 10.7. The van der Waals surface area contributed by atoms with E-state index in [0.717, 1.165) is 26.2 Å². The van der Waals surface area contributed by atoms with Crippen LogP contribution in [-0.2, 0) is 11.3 Å². The molecule has 1 aromatic heterocycles. The van der Waals surface area contributed by atoms with E-state index in [-0.39, 0.29) is 0 Å². The van der Waals surface area contributed by atoms with Crippen LogP contribution in [0.25, 0.3) is 0 Å². The fourth-order valence-corrected chi connectivity index (χ4v) is 1.68. The van der Waals surface area contributed by atoms with Gasteiger partial charge in [0.05, 0.1) is 6.61 Å². The Morgan fingerprint density at radius 1 is 1.44 bits per heavy atom. The van der Waals surface area contributed by atoms with Crippen molar-refractivity contribution in [1.82, 2.24) is 9.88 Å². The summed E-state index contributed by atoms with van der Waals surface area (Å²) >= 11 is 0.